The van der Waals surface area contributed by atoms with Crippen LogP contribution in [0.25, 0.3) is 0 Å². The van der Waals surface area contributed by atoms with E-state index < -0.39 is 5.97 Å². The number of anilines is 1. The zero-order valence-electron chi connectivity index (χ0n) is 8.52. The van der Waals surface area contributed by atoms with Gasteiger partial charge in [0.25, 0.3) is 0 Å². The molecule has 1 fully saturated rings. The summed E-state index contributed by atoms with van der Waals surface area (Å²) in [7, 11) is 0. The van der Waals surface area contributed by atoms with E-state index in [-0.39, 0.29) is 6.54 Å². The van der Waals surface area contributed by atoms with Crippen LogP contribution in [-0.4, -0.2) is 26.9 Å². The van der Waals surface area contributed by atoms with Crippen LogP contribution in [0.2, 0.25) is 0 Å². The van der Waals surface area contributed by atoms with Gasteiger partial charge in [-0.25, -0.2) is 0 Å². The minimum Gasteiger partial charge on any atom is -0.480 e. The zero-order valence-corrected chi connectivity index (χ0v) is 8.52. The van der Waals surface area contributed by atoms with E-state index >= 15 is 0 Å². The van der Waals surface area contributed by atoms with E-state index in [2.05, 4.69) is 10.4 Å². The highest BCUT2D eigenvalue weighted by molar-refractivity contribution is 5.66. The zero-order chi connectivity index (χ0) is 10.7. The molecule has 0 amide bonds. The second-order valence-corrected chi connectivity index (χ2v) is 3.95. The van der Waals surface area contributed by atoms with Crippen molar-refractivity contribution >= 4 is 11.7 Å². The van der Waals surface area contributed by atoms with Gasteiger partial charge in [0.05, 0.1) is 11.9 Å². The predicted octanol–water partition coefficient (Wildman–Crippen LogP) is 1.32. The van der Waals surface area contributed by atoms with Crippen molar-refractivity contribution in [3.8, 4) is 0 Å². The number of rotatable bonds is 4. The molecule has 15 heavy (non-hydrogen) atoms. The number of carboxylic acids is 1. The van der Waals surface area contributed by atoms with Crippen molar-refractivity contribution in [3.63, 3.8) is 0 Å². The van der Waals surface area contributed by atoms with E-state index in [4.69, 9.17) is 5.11 Å². The Bertz CT molecular complexity index is 342. The topological polar surface area (TPSA) is 67.2 Å². The van der Waals surface area contributed by atoms with Crippen molar-refractivity contribution < 1.29 is 9.90 Å². The van der Waals surface area contributed by atoms with Gasteiger partial charge in [0, 0.05) is 12.2 Å². The molecule has 1 heterocycles. The van der Waals surface area contributed by atoms with Crippen LogP contribution in [0.4, 0.5) is 5.69 Å². The number of aromatic nitrogens is 2. The Morgan fingerprint density at radius 2 is 2.33 bits per heavy atom. The van der Waals surface area contributed by atoms with Crippen molar-refractivity contribution in [2.75, 3.05) is 5.32 Å². The first-order valence-electron chi connectivity index (χ1n) is 5.25. The van der Waals surface area contributed by atoms with Gasteiger partial charge in [0.1, 0.15) is 6.54 Å². The lowest BCUT2D eigenvalue weighted by Crippen LogP contribution is -2.14. The fraction of sp³-hybridized carbons (Fsp3) is 0.600. The molecule has 0 aromatic carbocycles. The van der Waals surface area contributed by atoms with E-state index in [0.717, 1.165) is 5.69 Å². The molecule has 0 atom stereocenters. The Labute approximate surface area is 88.1 Å². The lowest BCUT2D eigenvalue weighted by molar-refractivity contribution is -0.137. The molecule has 2 rings (SSSR count). The molecular formula is C10H15N3O2. The maximum Gasteiger partial charge on any atom is 0.325 e. The third-order valence-corrected chi connectivity index (χ3v) is 2.66. The summed E-state index contributed by atoms with van der Waals surface area (Å²) in [5.41, 5.74) is 0.920. The summed E-state index contributed by atoms with van der Waals surface area (Å²) in [6.45, 7) is -0.0770. The second-order valence-electron chi connectivity index (χ2n) is 3.95. The highest BCUT2D eigenvalue weighted by Crippen LogP contribution is 2.21. The highest BCUT2D eigenvalue weighted by atomic mass is 16.4. The fourth-order valence-corrected chi connectivity index (χ4v) is 1.97. The number of carboxylic acid groups (broad SMARTS) is 1. The van der Waals surface area contributed by atoms with Crippen molar-refractivity contribution in [2.24, 2.45) is 0 Å². The summed E-state index contributed by atoms with van der Waals surface area (Å²) < 4.78 is 1.43. The standard InChI is InChI=1S/C10H15N3O2/c14-10(15)7-13-6-9(5-11-13)12-8-3-1-2-4-8/h5-6,8,12H,1-4,7H2,(H,14,15). The molecule has 0 radical (unpaired) electrons. The van der Waals surface area contributed by atoms with Crippen LogP contribution >= 0.6 is 0 Å². The van der Waals surface area contributed by atoms with Gasteiger partial charge in [0.15, 0.2) is 0 Å². The predicted molar refractivity (Wildman–Crippen MR) is 55.7 cm³/mol. The van der Waals surface area contributed by atoms with Gasteiger partial charge in [-0.2, -0.15) is 5.10 Å². The molecular weight excluding hydrogens is 194 g/mol. The van der Waals surface area contributed by atoms with Crippen LogP contribution in [0.3, 0.4) is 0 Å². The van der Waals surface area contributed by atoms with Crippen molar-refractivity contribution in [3.05, 3.63) is 12.4 Å². The second kappa shape index (κ2) is 4.33. The minimum atomic E-state index is -0.870. The molecule has 1 aliphatic carbocycles. The molecule has 2 N–H and O–H groups in total. The maximum atomic E-state index is 10.4. The third kappa shape index (κ3) is 2.71. The summed E-state index contributed by atoms with van der Waals surface area (Å²) in [5.74, 6) is -0.870. The lowest BCUT2D eigenvalue weighted by Gasteiger charge is -2.10. The van der Waals surface area contributed by atoms with Gasteiger partial charge in [-0.3, -0.25) is 9.48 Å². The molecule has 0 aliphatic heterocycles. The van der Waals surface area contributed by atoms with Crippen LogP contribution in [-0.2, 0) is 11.3 Å². The molecule has 0 unspecified atom stereocenters. The molecule has 0 bridgehead atoms. The molecule has 1 aliphatic rings. The number of nitrogens with one attached hydrogen (secondary N) is 1. The molecule has 0 saturated heterocycles. The van der Waals surface area contributed by atoms with Gasteiger partial charge >= 0.3 is 5.97 Å². The summed E-state index contributed by atoms with van der Waals surface area (Å²) in [5, 5.41) is 15.9. The summed E-state index contributed by atoms with van der Waals surface area (Å²) in [6, 6.07) is 0.535. The Balaban J connectivity index is 1.91. The van der Waals surface area contributed by atoms with Gasteiger partial charge in [0.2, 0.25) is 0 Å². The van der Waals surface area contributed by atoms with Crippen LogP contribution in [0.15, 0.2) is 12.4 Å². The monoisotopic (exact) mass is 209 g/mol. The fourth-order valence-electron chi connectivity index (χ4n) is 1.97. The summed E-state index contributed by atoms with van der Waals surface area (Å²) in [6.07, 6.45) is 8.38. The van der Waals surface area contributed by atoms with E-state index in [0.29, 0.717) is 6.04 Å². The first kappa shape index (κ1) is 10.0. The van der Waals surface area contributed by atoms with Gasteiger partial charge < -0.3 is 10.4 Å². The number of aliphatic carboxylic acids is 1. The quantitative estimate of drug-likeness (QED) is 0.784. The van der Waals surface area contributed by atoms with Crippen molar-refractivity contribution in [1.29, 1.82) is 0 Å². The molecule has 82 valence electrons. The number of nitrogens with zero attached hydrogens (tertiary/aromatic N) is 2. The van der Waals surface area contributed by atoms with Crippen LogP contribution in [0.5, 0.6) is 0 Å². The molecule has 5 heteroatoms. The first-order valence-corrected chi connectivity index (χ1v) is 5.25. The van der Waals surface area contributed by atoms with E-state index in [1.54, 1.807) is 12.4 Å². The normalized spacial score (nSPS) is 16.8. The van der Waals surface area contributed by atoms with E-state index in [1.165, 1.54) is 30.4 Å². The van der Waals surface area contributed by atoms with Crippen LogP contribution in [0, 0.1) is 0 Å². The molecule has 0 spiro atoms. The average molecular weight is 209 g/mol. The Morgan fingerprint density at radius 1 is 1.60 bits per heavy atom. The molecule has 1 aromatic rings. The number of hydrogen-bond donors (Lipinski definition) is 2. The summed E-state index contributed by atoms with van der Waals surface area (Å²) in [4.78, 5) is 10.4. The molecule has 1 aromatic heterocycles. The highest BCUT2D eigenvalue weighted by Gasteiger charge is 2.15. The third-order valence-electron chi connectivity index (χ3n) is 2.66. The summed E-state index contributed by atoms with van der Waals surface area (Å²) >= 11 is 0. The molecule has 5 nitrogen and oxygen atoms in total. The SMILES string of the molecule is O=C(O)Cn1cc(NC2CCCC2)cn1. The van der Waals surface area contributed by atoms with Gasteiger partial charge in [-0.15, -0.1) is 0 Å². The molecule has 1 saturated carbocycles. The minimum absolute atomic E-state index is 0.0770. The average Bonchev–Trinajstić information content (AvgIpc) is 2.77. The van der Waals surface area contributed by atoms with E-state index in [9.17, 15) is 4.79 Å². The Kier molecular flexibility index (Phi) is 2.89. The smallest absolute Gasteiger partial charge is 0.325 e. The van der Waals surface area contributed by atoms with Crippen LogP contribution < -0.4 is 5.32 Å². The largest absolute Gasteiger partial charge is 0.480 e. The number of hydrogen-bond acceptors (Lipinski definition) is 3. The van der Waals surface area contributed by atoms with Crippen LogP contribution in [0.1, 0.15) is 25.7 Å². The van der Waals surface area contributed by atoms with Crippen molar-refractivity contribution in [2.45, 2.75) is 38.3 Å². The van der Waals surface area contributed by atoms with Gasteiger partial charge in [-0.1, -0.05) is 12.8 Å². The number of carbonyl (C=O) groups is 1. The lowest BCUT2D eigenvalue weighted by atomic mass is 10.2. The Hall–Kier alpha value is -1.52. The van der Waals surface area contributed by atoms with Crippen molar-refractivity contribution in [1.82, 2.24) is 9.78 Å². The maximum absolute atomic E-state index is 10.4. The Morgan fingerprint density at radius 3 is 3.00 bits per heavy atom. The first-order chi connectivity index (χ1) is 7.24. The van der Waals surface area contributed by atoms with E-state index in [1.807, 2.05) is 0 Å². The van der Waals surface area contributed by atoms with Gasteiger partial charge in [-0.05, 0) is 12.8 Å².